The lowest BCUT2D eigenvalue weighted by molar-refractivity contribution is -0.193. The van der Waals surface area contributed by atoms with E-state index in [-0.39, 0.29) is 22.5 Å². The number of aromatic amines is 1. The molecule has 0 aliphatic carbocycles. The van der Waals surface area contributed by atoms with Crippen LogP contribution in [-0.2, 0) is 16.1 Å². The summed E-state index contributed by atoms with van der Waals surface area (Å²) in [6.07, 6.45) is -5.60. The number of pyridine rings is 1. The van der Waals surface area contributed by atoms with Crippen molar-refractivity contribution >= 4 is 34.6 Å². The Bertz CT molecular complexity index is 1300. The Labute approximate surface area is 226 Å². The molecule has 2 fully saturated rings. The maximum Gasteiger partial charge on any atom is 0.490 e. The predicted octanol–water partition coefficient (Wildman–Crippen LogP) is 5.11. The summed E-state index contributed by atoms with van der Waals surface area (Å²) in [6.45, 7) is 3.09. The second kappa shape index (κ2) is 12.3. The van der Waals surface area contributed by atoms with E-state index in [1.54, 1.807) is 12.3 Å². The van der Waals surface area contributed by atoms with Crippen LogP contribution in [0.5, 0.6) is 5.88 Å². The van der Waals surface area contributed by atoms with Gasteiger partial charge in [-0.25, -0.2) is 19.0 Å². The predicted molar refractivity (Wildman–Crippen MR) is 129 cm³/mol. The summed E-state index contributed by atoms with van der Waals surface area (Å²) in [6, 6.07) is 11.6. The van der Waals surface area contributed by atoms with Crippen molar-refractivity contribution in [1.29, 1.82) is 0 Å². The summed E-state index contributed by atoms with van der Waals surface area (Å²) in [5.41, 5.74) is 2.56. The van der Waals surface area contributed by atoms with E-state index in [4.69, 9.17) is 24.5 Å². The lowest BCUT2D eigenvalue weighted by Crippen LogP contribution is -2.58. The number of carboxylic acids is 2. The van der Waals surface area contributed by atoms with Crippen molar-refractivity contribution in [3.63, 3.8) is 0 Å². The Morgan fingerprint density at radius 3 is 2.25 bits per heavy atom. The van der Waals surface area contributed by atoms with E-state index < -0.39 is 24.3 Å². The summed E-state index contributed by atoms with van der Waals surface area (Å²) >= 11 is 1.96. The van der Waals surface area contributed by atoms with Gasteiger partial charge in [0.1, 0.15) is 6.10 Å². The van der Waals surface area contributed by atoms with Crippen LogP contribution >= 0.6 is 11.8 Å². The molecule has 1 spiro atoms. The minimum Gasteiger partial charge on any atom is -0.475 e. The second-order valence-corrected chi connectivity index (χ2v) is 10.3. The summed E-state index contributed by atoms with van der Waals surface area (Å²) in [5, 5.41) is 15.6. The molecule has 0 saturated carbocycles. The molecule has 40 heavy (non-hydrogen) atoms. The number of alkyl halides is 6. The average Bonchev–Trinajstić information content (AvgIpc) is 3.48. The first-order valence-electron chi connectivity index (χ1n) is 11.4. The Kier molecular flexibility index (Phi) is 9.56. The molecule has 1 aromatic carbocycles. The van der Waals surface area contributed by atoms with Crippen LogP contribution in [0.25, 0.3) is 10.9 Å². The van der Waals surface area contributed by atoms with Gasteiger partial charge in [-0.15, -0.1) is 11.8 Å². The number of aromatic nitrogens is 2. The number of likely N-dealkylation sites (tertiary alicyclic amines) is 1. The first-order valence-corrected chi connectivity index (χ1v) is 12.4. The number of fused-ring (bicyclic) bond motifs is 1. The Balaban J connectivity index is 0.000000263. The van der Waals surface area contributed by atoms with Gasteiger partial charge in [0.15, 0.2) is 5.82 Å². The Morgan fingerprint density at radius 2 is 1.68 bits per heavy atom. The van der Waals surface area contributed by atoms with Gasteiger partial charge in [0.25, 0.3) is 5.88 Å². The van der Waals surface area contributed by atoms with Crippen molar-refractivity contribution in [3.05, 3.63) is 60.2 Å². The van der Waals surface area contributed by atoms with Gasteiger partial charge in [-0.2, -0.15) is 26.3 Å². The molecule has 0 bridgehead atoms. The van der Waals surface area contributed by atoms with Gasteiger partial charge >= 0.3 is 24.3 Å². The van der Waals surface area contributed by atoms with E-state index >= 15 is 0 Å². The molecule has 8 nitrogen and oxygen atoms in total. The van der Waals surface area contributed by atoms with E-state index in [0.717, 1.165) is 31.8 Å². The molecule has 3 aromatic rings. The fourth-order valence-electron chi connectivity index (χ4n) is 4.12. The number of nitrogens with one attached hydrogen (secondary N) is 1. The molecule has 1 atom stereocenters. The van der Waals surface area contributed by atoms with Crippen molar-refractivity contribution in [1.82, 2.24) is 14.9 Å². The third kappa shape index (κ3) is 8.24. The summed E-state index contributed by atoms with van der Waals surface area (Å²) < 4.78 is 83.3. The molecule has 2 saturated heterocycles. The zero-order chi connectivity index (χ0) is 29.7. The summed E-state index contributed by atoms with van der Waals surface area (Å²) in [4.78, 5) is 27.6. The number of hydrogen-bond acceptors (Lipinski definition) is 6. The fourth-order valence-corrected chi connectivity index (χ4v) is 5.70. The number of rotatable bonds is 4. The number of hydrogen-bond donors (Lipinski definition) is 3. The first kappa shape index (κ1) is 31.0. The largest absolute Gasteiger partial charge is 0.490 e. The topological polar surface area (TPSA) is 116 Å². The third-order valence-electron chi connectivity index (χ3n) is 5.77. The molecule has 2 aromatic heterocycles. The molecule has 2 aliphatic rings. The van der Waals surface area contributed by atoms with Crippen molar-refractivity contribution in [2.75, 3.05) is 18.8 Å². The molecule has 16 heteroatoms. The molecule has 5 rings (SSSR count). The van der Waals surface area contributed by atoms with E-state index in [0.29, 0.717) is 0 Å². The number of thioether (sulfide) groups is 1. The minimum atomic E-state index is -5.08. The SMILES string of the molecule is Fc1cccnc1OC1CSC2(C1)CN(Cc1cccc3[nH]ccc13)C2.O=C(O)C(F)(F)F.O=C(O)C(F)(F)F. The first-order chi connectivity index (χ1) is 18.6. The van der Waals surface area contributed by atoms with Gasteiger partial charge in [-0.3, -0.25) is 4.90 Å². The minimum absolute atomic E-state index is 0.0413. The van der Waals surface area contributed by atoms with Crippen LogP contribution in [0, 0.1) is 5.82 Å². The van der Waals surface area contributed by atoms with Crippen molar-refractivity contribution in [3.8, 4) is 5.88 Å². The van der Waals surface area contributed by atoms with Crippen LogP contribution in [0.15, 0.2) is 48.8 Å². The van der Waals surface area contributed by atoms with Crippen molar-refractivity contribution < 1.29 is 55.3 Å². The highest BCUT2D eigenvalue weighted by Crippen LogP contribution is 2.46. The van der Waals surface area contributed by atoms with E-state index in [1.807, 2.05) is 18.0 Å². The normalized spacial score (nSPS) is 18.2. The maximum atomic E-state index is 13.7. The molecule has 4 heterocycles. The number of nitrogens with zero attached hydrogens (tertiary/aromatic N) is 2. The molecule has 218 valence electrons. The molecular formula is C24H22F7N3O5S. The fraction of sp³-hybridized carbons (Fsp3) is 0.375. The van der Waals surface area contributed by atoms with Crippen LogP contribution in [-0.4, -0.2) is 79.1 Å². The molecule has 2 aliphatic heterocycles. The third-order valence-corrected chi connectivity index (χ3v) is 7.34. The number of ether oxygens (including phenoxy) is 1. The van der Waals surface area contributed by atoms with E-state index in [1.165, 1.54) is 22.5 Å². The number of benzene rings is 1. The highest BCUT2D eigenvalue weighted by Gasteiger charge is 2.49. The van der Waals surface area contributed by atoms with Crippen LogP contribution in [0.3, 0.4) is 0 Å². The van der Waals surface area contributed by atoms with Gasteiger partial charge in [0, 0.05) is 59.9 Å². The molecule has 3 N–H and O–H groups in total. The van der Waals surface area contributed by atoms with Gasteiger partial charge in [0.05, 0.1) is 0 Å². The van der Waals surface area contributed by atoms with Crippen LogP contribution < -0.4 is 4.74 Å². The van der Waals surface area contributed by atoms with Gasteiger partial charge in [-0.05, 0) is 29.8 Å². The number of halogens is 7. The monoisotopic (exact) mass is 597 g/mol. The lowest BCUT2D eigenvalue weighted by atomic mass is 9.92. The highest BCUT2D eigenvalue weighted by molar-refractivity contribution is 8.01. The highest BCUT2D eigenvalue weighted by atomic mass is 32.2. The number of carboxylic acid groups (broad SMARTS) is 2. The van der Waals surface area contributed by atoms with Crippen LogP contribution in [0.2, 0.25) is 0 Å². The van der Waals surface area contributed by atoms with Crippen molar-refractivity contribution in [2.24, 2.45) is 0 Å². The van der Waals surface area contributed by atoms with Gasteiger partial charge < -0.3 is 19.9 Å². The smallest absolute Gasteiger partial charge is 0.475 e. The number of carbonyl (C=O) groups is 2. The van der Waals surface area contributed by atoms with Crippen molar-refractivity contribution in [2.45, 2.75) is 36.2 Å². The zero-order valence-electron chi connectivity index (χ0n) is 20.3. The second-order valence-electron chi connectivity index (χ2n) is 8.84. The summed E-state index contributed by atoms with van der Waals surface area (Å²) in [5.74, 6) is -4.87. The number of H-pyrrole nitrogens is 1. The Morgan fingerprint density at radius 1 is 1.05 bits per heavy atom. The standard InChI is InChI=1S/C20H20FN3OS.2C2HF3O2/c21-17-4-2-7-23-19(17)25-15-9-20(26-11-15)12-24(13-20)10-14-3-1-5-18-16(14)6-8-22-18;2*3-2(4,5)1(6)7/h1-8,15,22H,9-13H2;2*(H,6,7). The Hall–Kier alpha value is -3.53. The molecular weight excluding hydrogens is 575 g/mol. The quantitative estimate of drug-likeness (QED) is 0.356. The lowest BCUT2D eigenvalue weighted by Gasteiger charge is -2.47. The van der Waals surface area contributed by atoms with Crippen LogP contribution in [0.4, 0.5) is 30.7 Å². The number of aliphatic carboxylic acids is 2. The molecule has 0 amide bonds. The average molecular weight is 598 g/mol. The zero-order valence-corrected chi connectivity index (χ0v) is 21.1. The van der Waals surface area contributed by atoms with Gasteiger partial charge in [0.2, 0.25) is 0 Å². The van der Waals surface area contributed by atoms with Crippen LogP contribution in [0.1, 0.15) is 12.0 Å². The molecule has 0 radical (unpaired) electrons. The van der Waals surface area contributed by atoms with Gasteiger partial charge in [-0.1, -0.05) is 12.1 Å². The van der Waals surface area contributed by atoms with E-state index in [2.05, 4.69) is 39.1 Å². The maximum absolute atomic E-state index is 13.7. The van der Waals surface area contributed by atoms with E-state index in [9.17, 15) is 30.7 Å². The summed E-state index contributed by atoms with van der Waals surface area (Å²) in [7, 11) is 0. The molecule has 1 unspecified atom stereocenters.